The standard InChI is InChI=1S/C13H19N3O2/c1-3-18-13(17)12-11-9-6-4-5-8(14-9)7-10(11)16(2)15-12/h8-9,14H,3-7H2,1-2H3/t8-,9+/m0/s1. The molecule has 0 spiro atoms. The molecule has 98 valence electrons. The molecule has 0 aromatic carbocycles. The molecule has 2 aliphatic heterocycles. The number of hydrogen-bond acceptors (Lipinski definition) is 4. The van der Waals surface area contributed by atoms with Crippen LogP contribution in [0.2, 0.25) is 0 Å². The van der Waals surface area contributed by atoms with Gasteiger partial charge in [-0.05, 0) is 26.2 Å². The molecule has 1 fully saturated rings. The van der Waals surface area contributed by atoms with Crippen LogP contribution in [0.1, 0.15) is 54.0 Å². The van der Waals surface area contributed by atoms with Crippen LogP contribution in [-0.4, -0.2) is 28.4 Å². The predicted molar refractivity (Wildman–Crippen MR) is 66.4 cm³/mol. The van der Waals surface area contributed by atoms with Gasteiger partial charge in [0.25, 0.3) is 0 Å². The molecule has 18 heavy (non-hydrogen) atoms. The van der Waals surface area contributed by atoms with Crippen molar-refractivity contribution in [2.75, 3.05) is 6.61 Å². The van der Waals surface area contributed by atoms with E-state index in [2.05, 4.69) is 10.4 Å². The summed E-state index contributed by atoms with van der Waals surface area (Å²) in [5.74, 6) is -0.292. The lowest BCUT2D eigenvalue weighted by Gasteiger charge is -2.36. The summed E-state index contributed by atoms with van der Waals surface area (Å²) in [6, 6.07) is 0.822. The molecule has 0 aliphatic carbocycles. The summed E-state index contributed by atoms with van der Waals surface area (Å²) in [7, 11) is 1.92. The molecule has 5 heteroatoms. The number of aryl methyl sites for hydroxylation is 1. The number of esters is 1. The van der Waals surface area contributed by atoms with Gasteiger partial charge in [0, 0.05) is 36.8 Å². The van der Waals surface area contributed by atoms with Crippen LogP contribution < -0.4 is 5.32 Å². The van der Waals surface area contributed by atoms with Crippen molar-refractivity contribution in [2.24, 2.45) is 7.05 Å². The van der Waals surface area contributed by atoms with Gasteiger partial charge < -0.3 is 10.1 Å². The Balaban J connectivity index is 2.03. The van der Waals surface area contributed by atoms with Gasteiger partial charge in [-0.15, -0.1) is 0 Å². The molecule has 5 nitrogen and oxygen atoms in total. The summed E-state index contributed by atoms with van der Waals surface area (Å²) in [6.07, 6.45) is 4.49. The molecule has 0 unspecified atom stereocenters. The first kappa shape index (κ1) is 11.7. The Morgan fingerprint density at radius 3 is 3.17 bits per heavy atom. The Bertz CT molecular complexity index is 481. The third-order valence-electron chi connectivity index (χ3n) is 3.95. The fraction of sp³-hybridized carbons (Fsp3) is 0.692. The maximum Gasteiger partial charge on any atom is 0.359 e. The first-order valence-corrected chi connectivity index (χ1v) is 6.69. The summed E-state index contributed by atoms with van der Waals surface area (Å²) in [5.41, 5.74) is 2.78. The number of hydrogen-bond donors (Lipinski definition) is 1. The van der Waals surface area contributed by atoms with Gasteiger partial charge in [-0.25, -0.2) is 4.79 Å². The highest BCUT2D eigenvalue weighted by atomic mass is 16.5. The average molecular weight is 249 g/mol. The van der Waals surface area contributed by atoms with Crippen molar-refractivity contribution in [3.8, 4) is 0 Å². The molecule has 0 saturated carbocycles. The Labute approximate surface area is 107 Å². The highest BCUT2D eigenvalue weighted by Crippen LogP contribution is 2.36. The summed E-state index contributed by atoms with van der Waals surface area (Å²) in [4.78, 5) is 12.0. The largest absolute Gasteiger partial charge is 0.461 e. The second-order valence-electron chi connectivity index (χ2n) is 5.10. The van der Waals surface area contributed by atoms with E-state index >= 15 is 0 Å². The second-order valence-corrected chi connectivity index (χ2v) is 5.10. The Morgan fingerprint density at radius 1 is 1.56 bits per heavy atom. The SMILES string of the molecule is CCOC(=O)c1nn(C)c2c1[C@H]1CCC[C@@H](C2)N1. The number of rotatable bonds is 2. The third kappa shape index (κ3) is 1.73. The maximum atomic E-state index is 12.0. The number of fused-ring (bicyclic) bond motifs is 4. The number of nitrogens with zero attached hydrogens (tertiary/aromatic N) is 2. The molecule has 1 aromatic heterocycles. The van der Waals surface area contributed by atoms with E-state index < -0.39 is 0 Å². The second kappa shape index (κ2) is 4.39. The van der Waals surface area contributed by atoms with E-state index in [4.69, 9.17) is 4.74 Å². The van der Waals surface area contributed by atoms with Crippen LogP contribution >= 0.6 is 0 Å². The molecule has 2 atom stereocenters. The predicted octanol–water partition coefficient (Wildman–Crippen LogP) is 1.34. The lowest BCUT2D eigenvalue weighted by molar-refractivity contribution is 0.0515. The molecule has 1 saturated heterocycles. The third-order valence-corrected chi connectivity index (χ3v) is 3.95. The normalized spacial score (nSPS) is 25.7. The van der Waals surface area contributed by atoms with Crippen molar-refractivity contribution >= 4 is 5.97 Å². The molecule has 2 bridgehead atoms. The van der Waals surface area contributed by atoms with E-state index in [1.807, 2.05) is 18.7 Å². The van der Waals surface area contributed by atoms with Crippen molar-refractivity contribution in [1.82, 2.24) is 15.1 Å². The first-order valence-electron chi connectivity index (χ1n) is 6.69. The van der Waals surface area contributed by atoms with Gasteiger partial charge in [0.1, 0.15) is 0 Å². The molecule has 3 rings (SSSR count). The van der Waals surface area contributed by atoms with Crippen LogP contribution in [0.4, 0.5) is 0 Å². The Kier molecular flexibility index (Phi) is 2.86. The average Bonchev–Trinajstić information content (AvgIpc) is 2.68. The molecular formula is C13H19N3O2. The molecule has 0 amide bonds. The van der Waals surface area contributed by atoms with E-state index in [1.165, 1.54) is 18.5 Å². The van der Waals surface area contributed by atoms with Crippen molar-refractivity contribution in [3.63, 3.8) is 0 Å². The zero-order chi connectivity index (χ0) is 12.7. The number of aromatic nitrogens is 2. The van der Waals surface area contributed by atoms with E-state index in [-0.39, 0.29) is 12.0 Å². The monoisotopic (exact) mass is 249 g/mol. The van der Waals surface area contributed by atoms with Gasteiger partial charge in [0.15, 0.2) is 5.69 Å². The molecule has 0 radical (unpaired) electrons. The van der Waals surface area contributed by atoms with E-state index in [0.717, 1.165) is 18.4 Å². The van der Waals surface area contributed by atoms with Crippen molar-refractivity contribution in [1.29, 1.82) is 0 Å². The van der Waals surface area contributed by atoms with Crippen LogP contribution in [-0.2, 0) is 18.2 Å². The topological polar surface area (TPSA) is 56.1 Å². The summed E-state index contributed by atoms with van der Waals surface area (Å²) >= 11 is 0. The number of carbonyl (C=O) groups excluding carboxylic acids is 1. The van der Waals surface area contributed by atoms with Crippen LogP contribution in [0.3, 0.4) is 0 Å². The number of piperidine rings is 1. The van der Waals surface area contributed by atoms with E-state index in [0.29, 0.717) is 18.3 Å². The zero-order valence-corrected chi connectivity index (χ0v) is 10.9. The Hall–Kier alpha value is -1.36. The van der Waals surface area contributed by atoms with Crippen LogP contribution in [0.25, 0.3) is 0 Å². The minimum Gasteiger partial charge on any atom is -0.461 e. The summed E-state index contributed by atoms with van der Waals surface area (Å²) < 4.78 is 6.96. The Morgan fingerprint density at radius 2 is 2.39 bits per heavy atom. The molecular weight excluding hydrogens is 230 g/mol. The van der Waals surface area contributed by atoms with Gasteiger partial charge in [-0.2, -0.15) is 5.10 Å². The van der Waals surface area contributed by atoms with Crippen molar-refractivity contribution < 1.29 is 9.53 Å². The smallest absolute Gasteiger partial charge is 0.359 e. The highest BCUT2D eigenvalue weighted by molar-refractivity contribution is 5.89. The number of ether oxygens (including phenoxy) is 1. The van der Waals surface area contributed by atoms with Crippen molar-refractivity contribution in [2.45, 2.75) is 44.7 Å². The first-order chi connectivity index (χ1) is 8.70. The fourth-order valence-corrected chi connectivity index (χ4v) is 3.18. The van der Waals surface area contributed by atoms with Gasteiger partial charge in [0.2, 0.25) is 0 Å². The van der Waals surface area contributed by atoms with Gasteiger partial charge in [-0.1, -0.05) is 0 Å². The zero-order valence-electron chi connectivity index (χ0n) is 10.9. The highest BCUT2D eigenvalue weighted by Gasteiger charge is 2.36. The fourth-order valence-electron chi connectivity index (χ4n) is 3.18. The molecule has 2 aliphatic rings. The molecule has 1 aromatic rings. The molecule has 3 heterocycles. The lowest BCUT2D eigenvalue weighted by Crippen LogP contribution is -2.43. The minimum atomic E-state index is -0.292. The van der Waals surface area contributed by atoms with Crippen LogP contribution in [0.15, 0.2) is 0 Å². The van der Waals surface area contributed by atoms with Gasteiger partial charge in [0.05, 0.1) is 6.61 Å². The van der Waals surface area contributed by atoms with E-state index in [9.17, 15) is 4.79 Å². The van der Waals surface area contributed by atoms with Gasteiger partial charge >= 0.3 is 5.97 Å². The summed E-state index contributed by atoms with van der Waals surface area (Å²) in [5, 5.41) is 7.97. The minimum absolute atomic E-state index is 0.278. The summed E-state index contributed by atoms with van der Waals surface area (Å²) in [6.45, 7) is 2.22. The van der Waals surface area contributed by atoms with E-state index in [1.54, 1.807) is 0 Å². The molecule has 1 N–H and O–H groups in total. The van der Waals surface area contributed by atoms with Crippen LogP contribution in [0, 0.1) is 0 Å². The van der Waals surface area contributed by atoms with Crippen LogP contribution in [0.5, 0.6) is 0 Å². The number of nitrogens with one attached hydrogen (secondary N) is 1. The lowest BCUT2D eigenvalue weighted by atomic mass is 9.84. The maximum absolute atomic E-state index is 12.0. The van der Waals surface area contributed by atoms with Crippen molar-refractivity contribution in [3.05, 3.63) is 17.0 Å². The quantitative estimate of drug-likeness (QED) is 0.804. The van der Waals surface area contributed by atoms with Gasteiger partial charge in [-0.3, -0.25) is 4.68 Å². The number of carbonyl (C=O) groups is 1.